The van der Waals surface area contributed by atoms with Crippen molar-refractivity contribution in [2.75, 3.05) is 46.8 Å². The fraction of sp³-hybridized carbons (Fsp3) is 0.296. The minimum atomic E-state index is -1.30. The topological polar surface area (TPSA) is 116 Å². The third kappa shape index (κ3) is 4.62. The maximum absolute atomic E-state index is 12.9. The molecule has 1 spiro atoms. The van der Waals surface area contributed by atoms with Crippen molar-refractivity contribution in [2.45, 2.75) is 5.60 Å². The molecule has 10 heteroatoms. The molecule has 0 aromatic heterocycles. The predicted octanol–water partition coefficient (Wildman–Crippen LogP) is 4.22. The number of benzene rings is 3. The van der Waals surface area contributed by atoms with Gasteiger partial charge in [-0.1, -0.05) is 18.2 Å². The minimum Gasteiger partial charge on any atom is -0.491 e. The molecule has 2 heterocycles. The van der Waals surface area contributed by atoms with Crippen LogP contribution in [-0.4, -0.2) is 57.6 Å². The zero-order valence-electron chi connectivity index (χ0n) is 20.1. The summed E-state index contributed by atoms with van der Waals surface area (Å²) >= 11 is 0. The van der Waals surface area contributed by atoms with Gasteiger partial charge < -0.3 is 28.4 Å². The van der Waals surface area contributed by atoms with Crippen molar-refractivity contribution < 1.29 is 38.1 Å². The van der Waals surface area contributed by atoms with Crippen molar-refractivity contribution in [1.29, 1.82) is 0 Å². The zero-order chi connectivity index (χ0) is 25.8. The van der Waals surface area contributed by atoms with Crippen LogP contribution < -0.4 is 9.47 Å². The van der Waals surface area contributed by atoms with E-state index in [-0.39, 0.29) is 11.4 Å². The number of carbonyl (C=O) groups is 1. The zero-order valence-corrected chi connectivity index (χ0v) is 20.1. The van der Waals surface area contributed by atoms with Crippen LogP contribution in [0, 0.1) is 10.1 Å². The second-order valence-corrected chi connectivity index (χ2v) is 8.38. The van der Waals surface area contributed by atoms with E-state index in [1.54, 1.807) is 43.5 Å². The average molecular weight is 507 g/mol. The Hall–Kier alpha value is -3.99. The first-order valence-electron chi connectivity index (χ1n) is 11.8. The number of hydrogen-bond donors (Lipinski definition) is 0. The summed E-state index contributed by atoms with van der Waals surface area (Å²) in [6.45, 7) is 2.59. The van der Waals surface area contributed by atoms with Crippen molar-refractivity contribution in [2.24, 2.45) is 0 Å². The molecule has 2 aliphatic heterocycles. The first-order valence-corrected chi connectivity index (χ1v) is 11.8. The normalized spacial score (nSPS) is 16.9. The molecule has 1 unspecified atom stereocenters. The van der Waals surface area contributed by atoms with E-state index in [0.29, 0.717) is 73.4 Å². The molecule has 37 heavy (non-hydrogen) atoms. The Bertz CT molecular complexity index is 1320. The molecule has 0 aliphatic carbocycles. The van der Waals surface area contributed by atoms with Crippen LogP contribution in [0.3, 0.4) is 0 Å². The van der Waals surface area contributed by atoms with Gasteiger partial charge in [0.1, 0.15) is 23.9 Å². The fourth-order valence-electron chi connectivity index (χ4n) is 4.53. The molecule has 5 rings (SSSR count). The predicted molar refractivity (Wildman–Crippen MR) is 130 cm³/mol. The Balaban J connectivity index is 1.39. The molecule has 0 saturated carbocycles. The lowest BCUT2D eigenvalue weighted by Gasteiger charge is -2.36. The fourth-order valence-corrected chi connectivity index (χ4v) is 4.53. The van der Waals surface area contributed by atoms with Crippen LogP contribution in [0.25, 0.3) is 0 Å². The smallest absolute Gasteiger partial charge is 0.340 e. The minimum absolute atomic E-state index is 0.134. The first kappa shape index (κ1) is 24.7. The van der Waals surface area contributed by atoms with Gasteiger partial charge in [0.2, 0.25) is 0 Å². The molecule has 192 valence electrons. The van der Waals surface area contributed by atoms with E-state index in [4.69, 9.17) is 28.4 Å². The van der Waals surface area contributed by atoms with E-state index in [1.807, 2.05) is 12.1 Å². The van der Waals surface area contributed by atoms with Crippen molar-refractivity contribution in [3.8, 4) is 17.2 Å². The summed E-state index contributed by atoms with van der Waals surface area (Å²) in [6, 6.07) is 16.6. The SMILES string of the molecule is COCCOCCOCCOc1ccc2c(c1)Oc1cc([N+](=O)[O-])ccc1C21OC(=O)c2ccccc21. The molecule has 3 aromatic carbocycles. The Morgan fingerprint density at radius 1 is 0.838 bits per heavy atom. The summed E-state index contributed by atoms with van der Waals surface area (Å²) in [7, 11) is 1.62. The van der Waals surface area contributed by atoms with Crippen LogP contribution in [-0.2, 0) is 24.5 Å². The standard InChI is InChI=1S/C27H25NO9/c1-32-10-11-33-12-13-34-14-15-35-19-7-9-23-25(17-19)36-24-16-18(28(30)31)6-8-22(24)27(23)21-5-3-2-4-20(21)26(29)37-27/h2-9,16-17H,10-15H2,1H3. The number of nitro benzene ring substituents is 1. The summed E-state index contributed by atoms with van der Waals surface area (Å²) in [5, 5.41) is 11.4. The van der Waals surface area contributed by atoms with Gasteiger partial charge in [-0.25, -0.2) is 4.79 Å². The van der Waals surface area contributed by atoms with E-state index in [2.05, 4.69) is 0 Å². The number of esters is 1. The molecular formula is C27H25NO9. The maximum atomic E-state index is 12.9. The van der Waals surface area contributed by atoms with Gasteiger partial charge >= 0.3 is 5.97 Å². The molecule has 0 bridgehead atoms. The quantitative estimate of drug-likeness (QED) is 0.163. The van der Waals surface area contributed by atoms with Gasteiger partial charge in [0, 0.05) is 35.9 Å². The van der Waals surface area contributed by atoms with E-state index < -0.39 is 16.5 Å². The lowest BCUT2D eigenvalue weighted by Crippen LogP contribution is -2.33. The Kier molecular flexibility index (Phi) is 7.04. The number of fused-ring (bicyclic) bond motifs is 6. The van der Waals surface area contributed by atoms with Gasteiger partial charge in [0.25, 0.3) is 5.69 Å². The van der Waals surface area contributed by atoms with Gasteiger partial charge in [-0.15, -0.1) is 0 Å². The molecule has 0 saturated heterocycles. The summed E-state index contributed by atoms with van der Waals surface area (Å²) < 4.78 is 33.7. The molecule has 1 atom stereocenters. The number of non-ortho nitro benzene ring substituents is 1. The summed E-state index contributed by atoms with van der Waals surface area (Å²) in [5.74, 6) is 0.652. The summed E-state index contributed by atoms with van der Waals surface area (Å²) in [5.41, 5.74) is 0.766. The van der Waals surface area contributed by atoms with E-state index in [1.165, 1.54) is 12.1 Å². The average Bonchev–Trinajstić information content (AvgIpc) is 3.20. The summed E-state index contributed by atoms with van der Waals surface area (Å²) in [4.78, 5) is 23.8. The van der Waals surface area contributed by atoms with Gasteiger partial charge in [0.05, 0.1) is 49.6 Å². The van der Waals surface area contributed by atoms with Gasteiger partial charge in [-0.3, -0.25) is 10.1 Å². The highest BCUT2D eigenvalue weighted by atomic mass is 16.6. The van der Waals surface area contributed by atoms with Crippen LogP contribution in [0.4, 0.5) is 5.69 Å². The number of nitrogens with zero attached hydrogens (tertiary/aromatic N) is 1. The van der Waals surface area contributed by atoms with Crippen molar-refractivity contribution in [1.82, 2.24) is 0 Å². The molecule has 10 nitrogen and oxygen atoms in total. The van der Waals surface area contributed by atoms with Crippen LogP contribution in [0.5, 0.6) is 17.2 Å². The van der Waals surface area contributed by atoms with E-state index in [9.17, 15) is 14.9 Å². The molecule has 0 radical (unpaired) electrons. The van der Waals surface area contributed by atoms with Crippen LogP contribution in [0.1, 0.15) is 27.0 Å². The van der Waals surface area contributed by atoms with E-state index >= 15 is 0 Å². The van der Waals surface area contributed by atoms with Crippen LogP contribution >= 0.6 is 0 Å². The monoisotopic (exact) mass is 507 g/mol. The highest BCUT2D eigenvalue weighted by Crippen LogP contribution is 2.56. The lowest BCUT2D eigenvalue weighted by molar-refractivity contribution is -0.384. The maximum Gasteiger partial charge on any atom is 0.340 e. The molecular weight excluding hydrogens is 482 g/mol. The molecule has 2 aliphatic rings. The number of ether oxygens (including phenoxy) is 6. The second-order valence-electron chi connectivity index (χ2n) is 8.38. The first-order chi connectivity index (χ1) is 18.0. The van der Waals surface area contributed by atoms with E-state index in [0.717, 1.165) is 0 Å². The molecule has 3 aromatic rings. The van der Waals surface area contributed by atoms with Gasteiger partial charge in [-0.05, 0) is 24.3 Å². The molecule has 0 amide bonds. The van der Waals surface area contributed by atoms with Crippen molar-refractivity contribution >= 4 is 11.7 Å². The Morgan fingerprint density at radius 2 is 1.51 bits per heavy atom. The third-order valence-corrected chi connectivity index (χ3v) is 6.18. The Morgan fingerprint density at radius 3 is 2.27 bits per heavy atom. The highest BCUT2D eigenvalue weighted by molar-refractivity contribution is 5.97. The van der Waals surface area contributed by atoms with Crippen LogP contribution in [0.2, 0.25) is 0 Å². The lowest BCUT2D eigenvalue weighted by atomic mass is 9.77. The number of hydrogen-bond acceptors (Lipinski definition) is 9. The number of rotatable bonds is 11. The van der Waals surface area contributed by atoms with Gasteiger partial charge in [0.15, 0.2) is 5.60 Å². The van der Waals surface area contributed by atoms with Gasteiger partial charge in [-0.2, -0.15) is 0 Å². The molecule has 0 N–H and O–H groups in total. The number of methoxy groups -OCH3 is 1. The van der Waals surface area contributed by atoms with Crippen LogP contribution in [0.15, 0.2) is 60.7 Å². The second kappa shape index (κ2) is 10.6. The highest BCUT2D eigenvalue weighted by Gasteiger charge is 2.53. The largest absolute Gasteiger partial charge is 0.491 e. The van der Waals surface area contributed by atoms with Crippen molar-refractivity contribution in [3.63, 3.8) is 0 Å². The number of carbonyl (C=O) groups excluding carboxylic acids is 1. The summed E-state index contributed by atoms with van der Waals surface area (Å²) in [6.07, 6.45) is 0. The number of nitro groups is 1. The third-order valence-electron chi connectivity index (χ3n) is 6.18. The molecule has 0 fully saturated rings. The Labute approximate surface area is 212 Å². The van der Waals surface area contributed by atoms with Crippen molar-refractivity contribution in [3.05, 3.63) is 93.0 Å².